The molecule has 0 bridgehead atoms. The number of rotatable bonds is 9. The maximum atomic E-state index is 12.0. The van der Waals surface area contributed by atoms with Crippen molar-refractivity contribution in [3.63, 3.8) is 0 Å². The van der Waals surface area contributed by atoms with Crippen LogP contribution in [0.2, 0.25) is 0 Å². The highest BCUT2D eigenvalue weighted by Crippen LogP contribution is 2.10. The van der Waals surface area contributed by atoms with Crippen molar-refractivity contribution < 1.29 is 23.9 Å². The van der Waals surface area contributed by atoms with Crippen LogP contribution in [-0.2, 0) is 25.5 Å². The van der Waals surface area contributed by atoms with Gasteiger partial charge in [0.1, 0.15) is 6.54 Å². The van der Waals surface area contributed by atoms with Gasteiger partial charge in [-0.3, -0.25) is 19.2 Å². The first-order chi connectivity index (χ1) is 13.8. The number of benzene rings is 2. The lowest BCUT2D eigenvalue weighted by Gasteiger charge is -2.16. The molecule has 29 heavy (non-hydrogen) atoms. The molecule has 2 N–H and O–H groups in total. The molecule has 2 rings (SSSR count). The Kier molecular flexibility index (Phi) is 8.54. The van der Waals surface area contributed by atoms with Crippen molar-refractivity contribution in [2.45, 2.75) is 19.4 Å². The van der Waals surface area contributed by atoms with Gasteiger partial charge in [-0.05, 0) is 43.2 Å². The summed E-state index contributed by atoms with van der Waals surface area (Å²) < 4.78 is 5.68. The van der Waals surface area contributed by atoms with Crippen LogP contribution >= 0.6 is 15.9 Å². The second-order valence-electron chi connectivity index (χ2n) is 6.27. The molecule has 0 aliphatic rings. The van der Waals surface area contributed by atoms with Gasteiger partial charge in [0.05, 0.1) is 6.04 Å². The molecule has 0 heterocycles. The molecule has 0 fully saturated rings. The molecule has 0 aliphatic heterocycles. The molecule has 2 amide bonds. The van der Waals surface area contributed by atoms with E-state index in [1.807, 2.05) is 30.3 Å². The fourth-order valence-corrected chi connectivity index (χ4v) is 2.70. The van der Waals surface area contributed by atoms with E-state index in [2.05, 4.69) is 26.6 Å². The van der Waals surface area contributed by atoms with Crippen LogP contribution in [0.1, 0.15) is 22.8 Å². The molecule has 1 unspecified atom stereocenters. The molecule has 2 aromatic rings. The van der Waals surface area contributed by atoms with Crippen LogP contribution in [0.5, 0.6) is 0 Å². The topological polar surface area (TPSA) is 102 Å². The van der Waals surface area contributed by atoms with Crippen molar-refractivity contribution in [3.8, 4) is 0 Å². The van der Waals surface area contributed by atoms with Crippen LogP contribution in [0.15, 0.2) is 59.1 Å². The second kappa shape index (κ2) is 11.1. The molecule has 8 heteroatoms. The van der Waals surface area contributed by atoms with Crippen LogP contribution < -0.4 is 10.6 Å². The summed E-state index contributed by atoms with van der Waals surface area (Å²) in [6.45, 7) is 0.478. The van der Waals surface area contributed by atoms with E-state index in [4.69, 9.17) is 4.74 Å². The number of ether oxygens (including phenoxy) is 1. The monoisotopic (exact) mass is 460 g/mol. The molecule has 0 aliphatic carbocycles. The minimum absolute atomic E-state index is 0.199. The van der Waals surface area contributed by atoms with Crippen molar-refractivity contribution in [3.05, 3.63) is 70.2 Å². The highest BCUT2D eigenvalue weighted by Gasteiger charge is 2.18. The van der Waals surface area contributed by atoms with Gasteiger partial charge in [-0.25, -0.2) is 0 Å². The van der Waals surface area contributed by atoms with Gasteiger partial charge in [0, 0.05) is 10.0 Å². The number of hydrogen-bond acceptors (Lipinski definition) is 5. The predicted molar refractivity (Wildman–Crippen MR) is 110 cm³/mol. The van der Waals surface area contributed by atoms with Crippen molar-refractivity contribution in [1.29, 1.82) is 0 Å². The van der Waals surface area contributed by atoms with Crippen molar-refractivity contribution in [1.82, 2.24) is 10.6 Å². The lowest BCUT2D eigenvalue weighted by Crippen LogP contribution is -2.43. The number of halogens is 1. The number of nitrogens with one attached hydrogen (secondary N) is 2. The van der Waals surface area contributed by atoms with Crippen molar-refractivity contribution >= 4 is 39.5 Å². The molecule has 0 saturated heterocycles. The van der Waals surface area contributed by atoms with E-state index < -0.39 is 30.4 Å². The van der Waals surface area contributed by atoms with E-state index in [-0.39, 0.29) is 12.3 Å². The molecule has 152 valence electrons. The summed E-state index contributed by atoms with van der Waals surface area (Å²) in [5.74, 6) is -1.98. The van der Waals surface area contributed by atoms with Gasteiger partial charge >= 0.3 is 5.97 Å². The second-order valence-corrected chi connectivity index (χ2v) is 7.19. The fourth-order valence-electron chi connectivity index (χ4n) is 2.44. The number of carbonyl (C=O) groups excluding carboxylic acids is 4. The van der Waals surface area contributed by atoms with Crippen LogP contribution in [-0.4, -0.2) is 42.8 Å². The van der Waals surface area contributed by atoms with Crippen molar-refractivity contribution in [2.24, 2.45) is 0 Å². The number of esters is 1. The maximum absolute atomic E-state index is 12.0. The largest absolute Gasteiger partial charge is 0.454 e. The molecule has 1 atom stereocenters. The minimum atomic E-state index is -0.756. The molecular weight excluding hydrogens is 440 g/mol. The molecule has 7 nitrogen and oxygen atoms in total. The maximum Gasteiger partial charge on any atom is 0.325 e. The number of Topliss-reactive ketones (excluding diaryl/α,β-unsaturated/α-hetero) is 1. The zero-order valence-corrected chi connectivity index (χ0v) is 17.4. The third-order valence-electron chi connectivity index (χ3n) is 3.97. The van der Waals surface area contributed by atoms with Crippen LogP contribution in [0, 0.1) is 0 Å². The Balaban J connectivity index is 1.75. The summed E-state index contributed by atoms with van der Waals surface area (Å²) in [5.41, 5.74) is 1.30. The van der Waals surface area contributed by atoms with Crippen LogP contribution in [0.3, 0.4) is 0 Å². The Morgan fingerprint density at radius 1 is 1.00 bits per heavy atom. The zero-order valence-electron chi connectivity index (χ0n) is 15.8. The summed E-state index contributed by atoms with van der Waals surface area (Å²) >= 11 is 3.27. The highest BCUT2D eigenvalue weighted by molar-refractivity contribution is 9.10. The first-order valence-corrected chi connectivity index (χ1v) is 9.67. The quantitative estimate of drug-likeness (QED) is 0.557. The first-order valence-electron chi connectivity index (χ1n) is 8.88. The van der Waals surface area contributed by atoms with Crippen LogP contribution in [0.4, 0.5) is 0 Å². The summed E-state index contributed by atoms with van der Waals surface area (Å²) in [6, 6.07) is 15.2. The SMILES string of the molecule is CC(=O)C(Cc1ccccc1)NC(=O)COC(=O)CNC(=O)c1ccc(Br)cc1. The van der Waals surface area contributed by atoms with E-state index in [1.165, 1.54) is 6.92 Å². The Hall–Kier alpha value is -3.00. The number of carbonyl (C=O) groups is 4. The number of hydrogen-bond donors (Lipinski definition) is 2. The summed E-state index contributed by atoms with van der Waals surface area (Å²) in [6.07, 6.45) is 0.346. The third-order valence-corrected chi connectivity index (χ3v) is 4.50. The van der Waals surface area contributed by atoms with E-state index >= 15 is 0 Å². The highest BCUT2D eigenvalue weighted by atomic mass is 79.9. The van der Waals surface area contributed by atoms with E-state index in [0.29, 0.717) is 12.0 Å². The van der Waals surface area contributed by atoms with E-state index in [9.17, 15) is 19.2 Å². The zero-order chi connectivity index (χ0) is 21.2. The average molecular weight is 461 g/mol. The van der Waals surface area contributed by atoms with Gasteiger partial charge in [-0.1, -0.05) is 46.3 Å². The Morgan fingerprint density at radius 2 is 1.66 bits per heavy atom. The van der Waals surface area contributed by atoms with Gasteiger partial charge in [0.2, 0.25) is 0 Å². The molecule has 0 saturated carbocycles. The summed E-state index contributed by atoms with van der Waals surface area (Å²) in [7, 11) is 0. The smallest absolute Gasteiger partial charge is 0.325 e. The summed E-state index contributed by atoms with van der Waals surface area (Å²) in [5, 5.41) is 4.98. The fraction of sp³-hybridized carbons (Fsp3) is 0.238. The van der Waals surface area contributed by atoms with E-state index in [1.54, 1.807) is 24.3 Å². The average Bonchev–Trinajstić information content (AvgIpc) is 2.71. The Bertz CT molecular complexity index is 868. The Labute approximate surface area is 176 Å². The van der Waals surface area contributed by atoms with Gasteiger partial charge in [0.25, 0.3) is 11.8 Å². The molecule has 2 aromatic carbocycles. The van der Waals surface area contributed by atoms with Gasteiger partial charge in [0.15, 0.2) is 12.4 Å². The molecule has 0 aromatic heterocycles. The van der Waals surface area contributed by atoms with Crippen LogP contribution in [0.25, 0.3) is 0 Å². The van der Waals surface area contributed by atoms with Gasteiger partial charge in [-0.2, -0.15) is 0 Å². The lowest BCUT2D eigenvalue weighted by atomic mass is 10.0. The first kappa shape index (κ1) is 22.3. The number of amides is 2. The molecule has 0 spiro atoms. The Morgan fingerprint density at radius 3 is 2.28 bits per heavy atom. The summed E-state index contributed by atoms with van der Waals surface area (Å²) in [4.78, 5) is 47.5. The predicted octanol–water partition coefficient (Wildman–Crippen LogP) is 2.04. The van der Waals surface area contributed by atoms with E-state index in [0.717, 1.165) is 10.0 Å². The third kappa shape index (κ3) is 7.87. The molecular formula is C21H21BrN2O5. The molecule has 0 radical (unpaired) electrons. The number of ketones is 1. The standard InChI is InChI=1S/C21H21BrN2O5/c1-14(25)18(11-15-5-3-2-4-6-15)24-19(26)13-29-20(27)12-23-21(28)16-7-9-17(22)10-8-16/h2-10,18H,11-13H2,1H3,(H,23,28)(H,24,26). The van der Waals surface area contributed by atoms with Crippen molar-refractivity contribution in [2.75, 3.05) is 13.2 Å². The normalized spacial score (nSPS) is 11.2. The minimum Gasteiger partial charge on any atom is -0.454 e. The van der Waals surface area contributed by atoms with Gasteiger partial charge < -0.3 is 15.4 Å². The lowest BCUT2D eigenvalue weighted by molar-refractivity contribution is -0.147. The van der Waals surface area contributed by atoms with Gasteiger partial charge in [-0.15, -0.1) is 0 Å².